The molecule has 2 N–H and O–H groups in total. The number of aryl methyl sites for hydroxylation is 1. The SMILES string of the molecule is CCc1cc(=O)[nH]c(NC2CCN(C(=O)C3(c4ccc(OC)cc4)CC3)CC2)n1. The topological polar surface area (TPSA) is 87.3 Å². The molecule has 0 bridgehead atoms. The van der Waals surface area contributed by atoms with Gasteiger partial charge in [-0.25, -0.2) is 4.98 Å². The summed E-state index contributed by atoms with van der Waals surface area (Å²) in [6.07, 6.45) is 4.21. The third-order valence-corrected chi connectivity index (χ3v) is 6.08. The van der Waals surface area contributed by atoms with Crippen LogP contribution in [0.5, 0.6) is 5.75 Å². The lowest BCUT2D eigenvalue weighted by Gasteiger charge is -2.35. The van der Waals surface area contributed by atoms with E-state index in [-0.39, 0.29) is 22.9 Å². The zero-order valence-corrected chi connectivity index (χ0v) is 17.0. The highest BCUT2D eigenvalue weighted by Crippen LogP contribution is 2.50. The van der Waals surface area contributed by atoms with Gasteiger partial charge in [-0.1, -0.05) is 19.1 Å². The van der Waals surface area contributed by atoms with Crippen LogP contribution in [0.1, 0.15) is 43.9 Å². The number of nitrogens with zero attached hydrogens (tertiary/aromatic N) is 2. The molecule has 1 aromatic carbocycles. The largest absolute Gasteiger partial charge is 0.497 e. The van der Waals surface area contributed by atoms with Gasteiger partial charge >= 0.3 is 0 Å². The van der Waals surface area contributed by atoms with Gasteiger partial charge in [0.2, 0.25) is 11.9 Å². The molecule has 2 fully saturated rings. The van der Waals surface area contributed by atoms with Gasteiger partial charge in [0, 0.05) is 30.9 Å². The molecular formula is C22H28N4O3. The molecule has 0 unspecified atom stereocenters. The molecule has 7 heteroatoms. The number of benzene rings is 1. The maximum atomic E-state index is 13.2. The molecule has 0 atom stereocenters. The lowest BCUT2D eigenvalue weighted by atomic mass is 9.92. The normalized spacial score (nSPS) is 18.3. The van der Waals surface area contributed by atoms with Gasteiger partial charge in [0.25, 0.3) is 5.56 Å². The summed E-state index contributed by atoms with van der Waals surface area (Å²) in [5, 5.41) is 3.34. The molecule has 2 aromatic rings. The van der Waals surface area contributed by atoms with E-state index in [4.69, 9.17) is 4.74 Å². The number of piperidine rings is 1. The summed E-state index contributed by atoms with van der Waals surface area (Å²) in [5.74, 6) is 1.57. The predicted molar refractivity (Wildman–Crippen MR) is 111 cm³/mol. The summed E-state index contributed by atoms with van der Waals surface area (Å²) in [6, 6.07) is 9.61. The van der Waals surface area contributed by atoms with Crippen molar-refractivity contribution in [2.75, 3.05) is 25.5 Å². The van der Waals surface area contributed by atoms with Gasteiger partial charge < -0.3 is 15.0 Å². The van der Waals surface area contributed by atoms with Crippen molar-refractivity contribution in [3.05, 3.63) is 51.9 Å². The molecule has 1 aromatic heterocycles. The molecule has 4 rings (SSSR count). The molecule has 154 valence electrons. The van der Waals surface area contributed by atoms with E-state index in [1.807, 2.05) is 36.1 Å². The van der Waals surface area contributed by atoms with Crippen molar-refractivity contribution in [1.29, 1.82) is 0 Å². The number of rotatable bonds is 6. The van der Waals surface area contributed by atoms with Crippen LogP contribution in [0.15, 0.2) is 35.1 Å². The van der Waals surface area contributed by atoms with E-state index < -0.39 is 0 Å². The van der Waals surface area contributed by atoms with Crippen molar-refractivity contribution < 1.29 is 9.53 Å². The Bertz CT molecular complexity index is 926. The van der Waals surface area contributed by atoms with Gasteiger partial charge in [-0.15, -0.1) is 0 Å². The molecule has 7 nitrogen and oxygen atoms in total. The molecule has 1 aliphatic heterocycles. The number of anilines is 1. The minimum absolute atomic E-state index is 0.137. The maximum Gasteiger partial charge on any atom is 0.252 e. The summed E-state index contributed by atoms with van der Waals surface area (Å²) in [7, 11) is 1.65. The Morgan fingerprint density at radius 1 is 1.28 bits per heavy atom. The summed E-state index contributed by atoms with van der Waals surface area (Å²) >= 11 is 0. The first-order valence-electron chi connectivity index (χ1n) is 10.3. The van der Waals surface area contributed by atoms with E-state index in [1.54, 1.807) is 7.11 Å². The van der Waals surface area contributed by atoms with Crippen molar-refractivity contribution in [2.45, 2.75) is 50.5 Å². The van der Waals surface area contributed by atoms with E-state index in [9.17, 15) is 9.59 Å². The molecular weight excluding hydrogens is 368 g/mol. The van der Waals surface area contributed by atoms with Crippen molar-refractivity contribution in [1.82, 2.24) is 14.9 Å². The molecule has 1 saturated heterocycles. The summed E-state index contributed by atoms with van der Waals surface area (Å²) in [6.45, 7) is 3.41. The molecule has 2 aliphatic rings. The summed E-state index contributed by atoms with van der Waals surface area (Å²) < 4.78 is 5.23. The first-order chi connectivity index (χ1) is 14.0. The molecule has 1 saturated carbocycles. The van der Waals surface area contributed by atoms with Crippen molar-refractivity contribution in [3.63, 3.8) is 0 Å². The van der Waals surface area contributed by atoms with E-state index in [0.29, 0.717) is 19.0 Å². The number of ether oxygens (including phenoxy) is 1. The van der Waals surface area contributed by atoms with Crippen LogP contribution in [0.25, 0.3) is 0 Å². The van der Waals surface area contributed by atoms with E-state index in [1.165, 1.54) is 6.07 Å². The average Bonchev–Trinajstić information content (AvgIpc) is 3.55. The van der Waals surface area contributed by atoms with E-state index >= 15 is 0 Å². The van der Waals surface area contributed by atoms with Crippen LogP contribution in [0, 0.1) is 0 Å². The van der Waals surface area contributed by atoms with E-state index in [2.05, 4.69) is 15.3 Å². The number of aromatic amines is 1. The molecule has 1 amide bonds. The number of hydrogen-bond acceptors (Lipinski definition) is 5. The Morgan fingerprint density at radius 3 is 2.55 bits per heavy atom. The number of amides is 1. The smallest absolute Gasteiger partial charge is 0.252 e. The van der Waals surface area contributed by atoms with Crippen LogP contribution in [-0.4, -0.2) is 47.0 Å². The number of hydrogen-bond donors (Lipinski definition) is 2. The highest BCUT2D eigenvalue weighted by atomic mass is 16.5. The van der Waals surface area contributed by atoms with Crippen LogP contribution in [0.4, 0.5) is 5.95 Å². The van der Waals surface area contributed by atoms with Crippen LogP contribution < -0.4 is 15.6 Å². The van der Waals surface area contributed by atoms with Crippen LogP contribution in [0.2, 0.25) is 0 Å². The van der Waals surface area contributed by atoms with Crippen molar-refractivity contribution >= 4 is 11.9 Å². The van der Waals surface area contributed by atoms with Crippen LogP contribution >= 0.6 is 0 Å². The average molecular weight is 396 g/mol. The Hall–Kier alpha value is -2.83. The van der Waals surface area contributed by atoms with Gasteiger partial charge in [0.1, 0.15) is 5.75 Å². The quantitative estimate of drug-likeness (QED) is 0.783. The molecule has 29 heavy (non-hydrogen) atoms. The number of methoxy groups -OCH3 is 1. The summed E-state index contributed by atoms with van der Waals surface area (Å²) in [4.78, 5) is 34.2. The Balaban J connectivity index is 1.37. The van der Waals surface area contributed by atoms with Crippen LogP contribution in [0.3, 0.4) is 0 Å². The third kappa shape index (κ3) is 3.99. The zero-order chi connectivity index (χ0) is 20.4. The molecule has 0 spiro atoms. The van der Waals surface area contributed by atoms with E-state index in [0.717, 1.165) is 49.1 Å². The standard InChI is InChI=1S/C22H28N4O3/c1-3-16-14-19(27)25-21(23-16)24-17-8-12-26(13-9-17)20(28)22(10-11-22)15-4-6-18(29-2)7-5-15/h4-7,14,17H,3,8-13H2,1-2H3,(H2,23,24,25,27). The second kappa shape index (κ2) is 7.89. The lowest BCUT2D eigenvalue weighted by molar-refractivity contribution is -0.134. The second-order valence-corrected chi connectivity index (χ2v) is 7.96. The van der Waals surface area contributed by atoms with Crippen LogP contribution in [-0.2, 0) is 16.6 Å². The molecule has 1 aliphatic carbocycles. The minimum atomic E-state index is -0.352. The second-order valence-electron chi connectivity index (χ2n) is 7.96. The predicted octanol–water partition coefficient (Wildman–Crippen LogP) is 2.48. The number of carbonyl (C=O) groups excluding carboxylic acids is 1. The number of aromatic nitrogens is 2. The highest BCUT2D eigenvalue weighted by Gasteiger charge is 2.53. The first kappa shape index (κ1) is 19.5. The van der Waals surface area contributed by atoms with Gasteiger partial charge in [-0.05, 0) is 49.8 Å². The van der Waals surface area contributed by atoms with Crippen molar-refractivity contribution in [2.24, 2.45) is 0 Å². The summed E-state index contributed by atoms with van der Waals surface area (Å²) in [5.41, 5.74) is 1.37. The number of H-pyrrole nitrogens is 1. The Kier molecular flexibility index (Phi) is 5.30. The van der Waals surface area contributed by atoms with Crippen molar-refractivity contribution in [3.8, 4) is 5.75 Å². The highest BCUT2D eigenvalue weighted by molar-refractivity contribution is 5.91. The molecule has 0 radical (unpaired) electrons. The van der Waals surface area contributed by atoms with Gasteiger partial charge in [0.15, 0.2) is 0 Å². The number of likely N-dealkylation sites (tertiary alicyclic amines) is 1. The fourth-order valence-electron chi connectivity index (χ4n) is 4.14. The fraction of sp³-hybridized carbons (Fsp3) is 0.500. The zero-order valence-electron chi connectivity index (χ0n) is 17.0. The van der Waals surface area contributed by atoms with Gasteiger partial charge in [-0.2, -0.15) is 0 Å². The monoisotopic (exact) mass is 396 g/mol. The van der Waals surface area contributed by atoms with Gasteiger partial charge in [-0.3, -0.25) is 14.6 Å². The number of nitrogens with one attached hydrogen (secondary N) is 2. The first-order valence-corrected chi connectivity index (χ1v) is 10.3. The third-order valence-electron chi connectivity index (χ3n) is 6.08. The molecule has 2 heterocycles. The maximum absolute atomic E-state index is 13.2. The lowest BCUT2D eigenvalue weighted by Crippen LogP contribution is -2.46. The minimum Gasteiger partial charge on any atom is -0.497 e. The number of carbonyl (C=O) groups is 1. The Labute approximate surface area is 170 Å². The Morgan fingerprint density at radius 2 is 1.97 bits per heavy atom. The van der Waals surface area contributed by atoms with Gasteiger partial charge in [0.05, 0.1) is 12.5 Å². The fourth-order valence-corrected chi connectivity index (χ4v) is 4.14.